The van der Waals surface area contributed by atoms with Gasteiger partial charge in [0.05, 0.1) is 31.8 Å². The van der Waals surface area contributed by atoms with Gasteiger partial charge in [0, 0.05) is 24.4 Å². The zero-order valence-electron chi connectivity index (χ0n) is 19.9. The van der Waals surface area contributed by atoms with Crippen molar-refractivity contribution in [1.82, 2.24) is 14.6 Å². The minimum absolute atomic E-state index is 0.311. The van der Waals surface area contributed by atoms with Gasteiger partial charge >= 0.3 is 0 Å². The van der Waals surface area contributed by atoms with Crippen LogP contribution in [0.5, 0.6) is 16.7 Å². The molecule has 3 aromatic heterocycles. The van der Waals surface area contributed by atoms with E-state index in [0.717, 1.165) is 35.5 Å². The van der Waals surface area contributed by atoms with Crippen molar-refractivity contribution in [2.24, 2.45) is 0 Å². The van der Waals surface area contributed by atoms with Crippen LogP contribution in [-0.2, 0) is 0 Å². The van der Waals surface area contributed by atoms with Crippen molar-refractivity contribution >= 4 is 33.0 Å². The summed E-state index contributed by atoms with van der Waals surface area (Å²) in [5, 5.41) is 5.80. The fraction of sp³-hybridized carbons (Fsp3) is 0.308. The highest BCUT2D eigenvalue weighted by Crippen LogP contribution is 2.38. The van der Waals surface area contributed by atoms with E-state index in [1.54, 1.807) is 18.7 Å². The molecule has 0 spiro atoms. The lowest BCUT2D eigenvalue weighted by molar-refractivity contribution is 0.290. The Morgan fingerprint density at radius 1 is 1.11 bits per heavy atom. The van der Waals surface area contributed by atoms with Crippen molar-refractivity contribution in [3.63, 3.8) is 0 Å². The van der Waals surface area contributed by atoms with Gasteiger partial charge in [0.15, 0.2) is 5.76 Å². The molecule has 8 nitrogen and oxygen atoms in total. The zero-order valence-corrected chi connectivity index (χ0v) is 20.7. The number of methoxy groups -OCH3 is 2. The van der Waals surface area contributed by atoms with Crippen molar-refractivity contribution in [2.45, 2.75) is 25.8 Å². The van der Waals surface area contributed by atoms with Crippen LogP contribution in [0.25, 0.3) is 27.4 Å². The summed E-state index contributed by atoms with van der Waals surface area (Å²) in [7, 11) is 3.24. The molecule has 5 aromatic rings. The minimum Gasteiger partial charge on any atom is -0.496 e. The monoisotopic (exact) mass is 490 g/mol. The van der Waals surface area contributed by atoms with Crippen LogP contribution in [0.4, 0.5) is 5.69 Å². The summed E-state index contributed by atoms with van der Waals surface area (Å²) in [6.45, 7) is 3.74. The molecule has 6 rings (SSSR count). The Bertz CT molecular complexity index is 1460. The number of nitrogens with zero attached hydrogens (tertiary/aromatic N) is 4. The molecule has 2 aromatic carbocycles. The molecule has 0 amide bonds. The molecule has 1 saturated heterocycles. The smallest absolute Gasteiger partial charge is 0.294 e. The molecule has 0 bridgehead atoms. The van der Waals surface area contributed by atoms with Crippen LogP contribution in [0.1, 0.15) is 18.4 Å². The quantitative estimate of drug-likeness (QED) is 0.295. The fourth-order valence-corrected chi connectivity index (χ4v) is 5.30. The maximum atomic E-state index is 6.41. The van der Waals surface area contributed by atoms with Gasteiger partial charge in [0.1, 0.15) is 29.4 Å². The van der Waals surface area contributed by atoms with Crippen LogP contribution >= 0.6 is 11.3 Å². The normalized spacial score (nSPS) is 15.9. The zero-order chi connectivity index (χ0) is 23.9. The molecule has 1 aliphatic rings. The first-order chi connectivity index (χ1) is 17.1. The first-order valence-electron chi connectivity index (χ1n) is 11.6. The fourth-order valence-electron chi connectivity index (χ4n) is 4.60. The second kappa shape index (κ2) is 8.81. The highest BCUT2D eigenvalue weighted by atomic mass is 32.1. The number of anilines is 1. The highest BCUT2D eigenvalue weighted by Gasteiger charge is 2.26. The molecule has 4 heterocycles. The Labute approximate surface area is 206 Å². The summed E-state index contributed by atoms with van der Waals surface area (Å²) in [5.74, 6) is 2.08. The highest BCUT2D eigenvalue weighted by molar-refractivity contribution is 7.18. The van der Waals surface area contributed by atoms with E-state index >= 15 is 0 Å². The summed E-state index contributed by atoms with van der Waals surface area (Å²) in [4.78, 5) is 7.83. The number of fused-ring (bicyclic) bond motifs is 2. The van der Waals surface area contributed by atoms with Gasteiger partial charge in [-0.3, -0.25) is 0 Å². The lowest BCUT2D eigenvalue weighted by Gasteiger charge is -2.27. The summed E-state index contributed by atoms with van der Waals surface area (Å²) in [5.41, 5.74) is 3.91. The van der Waals surface area contributed by atoms with Crippen molar-refractivity contribution in [2.75, 3.05) is 32.3 Å². The molecule has 35 heavy (non-hydrogen) atoms. The second-order valence-electron chi connectivity index (χ2n) is 8.71. The number of imidazole rings is 1. The van der Waals surface area contributed by atoms with E-state index in [9.17, 15) is 0 Å². The number of hydrogen-bond acceptors (Lipinski definition) is 8. The third kappa shape index (κ3) is 4.05. The molecule has 9 heteroatoms. The Morgan fingerprint density at radius 2 is 1.97 bits per heavy atom. The second-order valence-corrected chi connectivity index (χ2v) is 9.63. The van der Waals surface area contributed by atoms with Crippen LogP contribution in [0.2, 0.25) is 0 Å². The van der Waals surface area contributed by atoms with E-state index in [0.29, 0.717) is 40.6 Å². The Hall–Kier alpha value is -3.72. The molecule has 0 N–H and O–H groups in total. The average Bonchev–Trinajstić information content (AvgIpc) is 3.64. The molecular formula is C26H26N4O4S. The van der Waals surface area contributed by atoms with E-state index in [1.165, 1.54) is 22.6 Å². The lowest BCUT2D eigenvalue weighted by Crippen LogP contribution is -2.34. The molecule has 0 unspecified atom stereocenters. The summed E-state index contributed by atoms with van der Waals surface area (Å²) < 4.78 is 25.0. The molecule has 1 atom stereocenters. The van der Waals surface area contributed by atoms with Crippen LogP contribution in [0.15, 0.2) is 53.1 Å². The number of aromatic nitrogens is 3. The third-order valence-corrected chi connectivity index (χ3v) is 7.32. The number of hydrogen-bond donors (Lipinski definition) is 0. The number of benzene rings is 2. The van der Waals surface area contributed by atoms with Gasteiger partial charge in [-0.15, -0.1) is 5.10 Å². The molecule has 0 saturated carbocycles. The van der Waals surface area contributed by atoms with Gasteiger partial charge < -0.3 is 23.5 Å². The third-order valence-electron chi connectivity index (χ3n) is 6.43. The van der Waals surface area contributed by atoms with Crippen molar-refractivity contribution in [3.05, 3.63) is 54.2 Å². The molecule has 0 aliphatic carbocycles. The number of furan rings is 1. The van der Waals surface area contributed by atoms with Gasteiger partial charge in [-0.2, -0.15) is 0 Å². The van der Waals surface area contributed by atoms with Gasteiger partial charge in [-0.05, 0) is 49.3 Å². The summed E-state index contributed by atoms with van der Waals surface area (Å²) in [6, 6.07) is 14.8. The minimum atomic E-state index is 0.311. The van der Waals surface area contributed by atoms with E-state index in [4.69, 9.17) is 18.6 Å². The molecule has 1 aliphatic heterocycles. The Kier molecular flexibility index (Phi) is 5.49. The van der Waals surface area contributed by atoms with Crippen LogP contribution in [-0.4, -0.2) is 48.0 Å². The molecule has 1 fully saturated rings. The standard InChI is InChI=1S/C26H26N4O4S/c1-16-6-8-17(9-7-16)29-10-4-5-18(29)15-33-22-11-19(31-2)12-23-20(22)13-24(34-23)21-14-30-25(27-21)35-26(28-30)32-3/h6-9,11-14,18H,4-5,10,15H2,1-3H3/t18-/m0/s1. The topological polar surface area (TPSA) is 74.3 Å². The number of aryl methyl sites for hydroxylation is 1. The van der Waals surface area contributed by atoms with Crippen molar-refractivity contribution < 1.29 is 18.6 Å². The van der Waals surface area contributed by atoms with E-state index in [2.05, 4.69) is 46.2 Å². The van der Waals surface area contributed by atoms with Gasteiger partial charge in [-0.25, -0.2) is 9.50 Å². The maximum Gasteiger partial charge on any atom is 0.294 e. The summed E-state index contributed by atoms with van der Waals surface area (Å²) in [6.07, 6.45) is 4.09. The number of rotatable bonds is 7. The first-order valence-corrected chi connectivity index (χ1v) is 12.4. The predicted octanol–water partition coefficient (Wildman–Crippen LogP) is 5.58. The van der Waals surface area contributed by atoms with Crippen LogP contribution in [0.3, 0.4) is 0 Å². The lowest BCUT2D eigenvalue weighted by atomic mass is 10.2. The van der Waals surface area contributed by atoms with Gasteiger partial charge in [-0.1, -0.05) is 17.7 Å². The van der Waals surface area contributed by atoms with E-state index in [-0.39, 0.29) is 0 Å². The molecule has 0 radical (unpaired) electrons. The molecule has 180 valence electrons. The Morgan fingerprint density at radius 3 is 2.74 bits per heavy atom. The van der Waals surface area contributed by atoms with Gasteiger partial charge in [0.2, 0.25) is 4.96 Å². The first kappa shape index (κ1) is 21.8. The average molecular weight is 491 g/mol. The van der Waals surface area contributed by atoms with Crippen LogP contribution in [0, 0.1) is 6.92 Å². The van der Waals surface area contributed by atoms with Crippen LogP contribution < -0.4 is 19.1 Å². The largest absolute Gasteiger partial charge is 0.496 e. The Balaban J connectivity index is 1.28. The van der Waals surface area contributed by atoms with Crippen molar-refractivity contribution in [1.29, 1.82) is 0 Å². The molecular weight excluding hydrogens is 464 g/mol. The van der Waals surface area contributed by atoms with Crippen molar-refractivity contribution in [3.8, 4) is 28.1 Å². The number of ether oxygens (including phenoxy) is 3. The SMILES string of the molecule is COc1cc(OC[C@@H]2CCCN2c2ccc(C)cc2)c2cc(-c3cn4nc(OC)sc4n3)oc2c1. The van der Waals surface area contributed by atoms with E-state index < -0.39 is 0 Å². The maximum absolute atomic E-state index is 6.41. The van der Waals surface area contributed by atoms with Gasteiger partial charge in [0.25, 0.3) is 5.19 Å². The predicted molar refractivity (Wildman–Crippen MR) is 136 cm³/mol. The van der Waals surface area contributed by atoms with E-state index in [1.807, 2.05) is 24.4 Å². The summed E-state index contributed by atoms with van der Waals surface area (Å²) >= 11 is 1.38.